The van der Waals surface area contributed by atoms with E-state index in [-0.39, 0.29) is 0 Å². The van der Waals surface area contributed by atoms with E-state index in [0.29, 0.717) is 5.69 Å². The smallest absolute Gasteiger partial charge is 0.166 e. The van der Waals surface area contributed by atoms with Crippen molar-refractivity contribution in [3.05, 3.63) is 35.4 Å². The Kier molecular flexibility index (Phi) is 2.08. The van der Waals surface area contributed by atoms with Gasteiger partial charge in [-0.15, -0.1) is 0 Å². The highest BCUT2D eigenvalue weighted by atomic mass is 16.1. The quantitative estimate of drug-likeness (QED) is 0.676. The average Bonchev–Trinajstić information content (AvgIpc) is 2.56. The van der Waals surface area contributed by atoms with Gasteiger partial charge in [0.25, 0.3) is 0 Å². The van der Waals surface area contributed by atoms with Gasteiger partial charge in [0.1, 0.15) is 5.82 Å². The van der Waals surface area contributed by atoms with Crippen LogP contribution in [0.25, 0.3) is 5.52 Å². The van der Waals surface area contributed by atoms with Crippen molar-refractivity contribution in [2.75, 3.05) is 0 Å². The van der Waals surface area contributed by atoms with E-state index in [4.69, 9.17) is 0 Å². The summed E-state index contributed by atoms with van der Waals surface area (Å²) in [5.74, 6) is 0.945. The molecule has 3 nitrogen and oxygen atoms in total. The van der Waals surface area contributed by atoms with Crippen molar-refractivity contribution in [3.63, 3.8) is 0 Å². The maximum atomic E-state index is 10.8. The number of imidazole rings is 1. The van der Waals surface area contributed by atoms with Crippen molar-refractivity contribution in [2.45, 2.75) is 20.3 Å². The molecule has 0 radical (unpaired) electrons. The lowest BCUT2D eigenvalue weighted by Crippen LogP contribution is -1.99. The minimum absolute atomic E-state index is 0.667. The van der Waals surface area contributed by atoms with Crippen molar-refractivity contribution in [2.24, 2.45) is 0 Å². The van der Waals surface area contributed by atoms with E-state index in [1.807, 2.05) is 30.4 Å². The topological polar surface area (TPSA) is 34.4 Å². The van der Waals surface area contributed by atoms with Gasteiger partial charge < -0.3 is 0 Å². The number of nitrogens with zero attached hydrogens (tertiary/aromatic N) is 2. The first-order chi connectivity index (χ1) is 6.77. The molecule has 3 heteroatoms. The molecule has 0 aliphatic heterocycles. The number of carbonyl (C=O) groups is 1. The van der Waals surface area contributed by atoms with Crippen LogP contribution in [0, 0.1) is 6.92 Å². The van der Waals surface area contributed by atoms with Gasteiger partial charge in [-0.05, 0) is 19.1 Å². The zero-order chi connectivity index (χ0) is 10.1. The molecular formula is C11H12N2O. The van der Waals surface area contributed by atoms with Crippen molar-refractivity contribution in [1.82, 2.24) is 9.38 Å². The van der Waals surface area contributed by atoms with Crippen molar-refractivity contribution < 1.29 is 4.79 Å². The number of aldehydes is 1. The Labute approximate surface area is 82.4 Å². The fraction of sp³-hybridized carbons (Fsp3) is 0.273. The molecule has 72 valence electrons. The molecule has 0 aliphatic carbocycles. The Bertz CT molecular complexity index is 485. The van der Waals surface area contributed by atoms with Crippen molar-refractivity contribution >= 4 is 11.8 Å². The molecule has 2 aromatic rings. The van der Waals surface area contributed by atoms with Gasteiger partial charge in [0.2, 0.25) is 0 Å². The second-order valence-electron chi connectivity index (χ2n) is 3.26. The fourth-order valence-corrected chi connectivity index (χ4v) is 1.73. The van der Waals surface area contributed by atoms with Crippen LogP contribution < -0.4 is 0 Å². The van der Waals surface area contributed by atoms with Gasteiger partial charge in [-0.25, -0.2) is 4.98 Å². The highest BCUT2D eigenvalue weighted by molar-refractivity contribution is 5.75. The molecule has 0 saturated carbocycles. The molecule has 2 aromatic heterocycles. The number of aryl methyl sites for hydroxylation is 2. The van der Waals surface area contributed by atoms with E-state index in [2.05, 4.69) is 4.98 Å². The number of aromatic nitrogens is 2. The van der Waals surface area contributed by atoms with Crippen LogP contribution >= 0.6 is 0 Å². The SMILES string of the molecule is CCc1nc(C)c2cccc(C=O)n12. The van der Waals surface area contributed by atoms with E-state index >= 15 is 0 Å². The Morgan fingerprint density at radius 2 is 2.29 bits per heavy atom. The van der Waals surface area contributed by atoms with E-state index < -0.39 is 0 Å². The highest BCUT2D eigenvalue weighted by Gasteiger charge is 2.08. The second-order valence-corrected chi connectivity index (χ2v) is 3.26. The molecular weight excluding hydrogens is 176 g/mol. The van der Waals surface area contributed by atoms with Crippen LogP contribution in [0.4, 0.5) is 0 Å². The van der Waals surface area contributed by atoms with Gasteiger partial charge in [0.15, 0.2) is 6.29 Å². The predicted octanol–water partition coefficient (Wildman–Crippen LogP) is 2.02. The Hall–Kier alpha value is -1.64. The minimum Gasteiger partial charge on any atom is -0.296 e. The van der Waals surface area contributed by atoms with Crippen molar-refractivity contribution in [1.29, 1.82) is 0 Å². The number of fused-ring (bicyclic) bond motifs is 1. The Morgan fingerprint density at radius 1 is 1.50 bits per heavy atom. The summed E-state index contributed by atoms with van der Waals surface area (Å²) >= 11 is 0. The van der Waals surface area contributed by atoms with E-state index in [0.717, 1.165) is 29.7 Å². The van der Waals surface area contributed by atoms with E-state index in [9.17, 15) is 4.79 Å². The summed E-state index contributed by atoms with van der Waals surface area (Å²) in [5.41, 5.74) is 2.66. The molecule has 0 fully saturated rings. The average molecular weight is 188 g/mol. The van der Waals surface area contributed by atoms with Crippen LogP contribution in [0.1, 0.15) is 28.9 Å². The standard InChI is InChI=1S/C11H12N2O/c1-3-11-12-8(2)10-6-4-5-9(7-14)13(10)11/h4-7H,3H2,1-2H3. The first kappa shape index (κ1) is 8.94. The van der Waals surface area contributed by atoms with Gasteiger partial charge in [0.05, 0.1) is 16.9 Å². The molecule has 14 heavy (non-hydrogen) atoms. The number of hydrogen-bond acceptors (Lipinski definition) is 2. The molecule has 0 unspecified atom stereocenters. The van der Waals surface area contributed by atoms with Gasteiger partial charge in [0, 0.05) is 6.42 Å². The Morgan fingerprint density at radius 3 is 2.93 bits per heavy atom. The molecule has 2 heterocycles. The third-order valence-electron chi connectivity index (χ3n) is 2.38. The Balaban J connectivity index is 2.89. The van der Waals surface area contributed by atoms with Crippen molar-refractivity contribution in [3.8, 4) is 0 Å². The summed E-state index contributed by atoms with van der Waals surface area (Å²) in [4.78, 5) is 15.3. The monoisotopic (exact) mass is 188 g/mol. The summed E-state index contributed by atoms with van der Waals surface area (Å²) < 4.78 is 1.92. The minimum atomic E-state index is 0.667. The second kappa shape index (κ2) is 3.25. The van der Waals surface area contributed by atoms with Gasteiger partial charge in [-0.1, -0.05) is 13.0 Å². The lowest BCUT2D eigenvalue weighted by Gasteiger charge is -2.01. The van der Waals surface area contributed by atoms with Crippen LogP contribution in [0.2, 0.25) is 0 Å². The van der Waals surface area contributed by atoms with Crippen LogP contribution in [0.15, 0.2) is 18.2 Å². The predicted molar refractivity (Wildman–Crippen MR) is 54.7 cm³/mol. The molecule has 0 aliphatic rings. The summed E-state index contributed by atoms with van der Waals surface area (Å²) in [6, 6.07) is 5.67. The number of carbonyl (C=O) groups excluding carboxylic acids is 1. The summed E-state index contributed by atoms with van der Waals surface area (Å²) in [7, 11) is 0. The molecule has 0 N–H and O–H groups in total. The zero-order valence-corrected chi connectivity index (χ0v) is 8.32. The van der Waals surface area contributed by atoms with Crippen LogP contribution in [0.3, 0.4) is 0 Å². The number of hydrogen-bond donors (Lipinski definition) is 0. The third-order valence-corrected chi connectivity index (χ3v) is 2.38. The summed E-state index contributed by atoms with van der Waals surface area (Å²) in [5, 5.41) is 0. The summed E-state index contributed by atoms with van der Waals surface area (Å²) in [6.45, 7) is 4.00. The maximum Gasteiger partial charge on any atom is 0.166 e. The van der Waals surface area contributed by atoms with E-state index in [1.165, 1.54) is 0 Å². The fourth-order valence-electron chi connectivity index (χ4n) is 1.73. The first-order valence-corrected chi connectivity index (χ1v) is 4.70. The summed E-state index contributed by atoms with van der Waals surface area (Å²) in [6.07, 6.45) is 1.70. The largest absolute Gasteiger partial charge is 0.296 e. The molecule has 0 saturated heterocycles. The van der Waals surface area contributed by atoms with Gasteiger partial charge in [-0.3, -0.25) is 9.20 Å². The van der Waals surface area contributed by atoms with Gasteiger partial charge in [-0.2, -0.15) is 0 Å². The van der Waals surface area contributed by atoms with Gasteiger partial charge >= 0.3 is 0 Å². The lowest BCUT2D eigenvalue weighted by atomic mass is 10.3. The highest BCUT2D eigenvalue weighted by Crippen LogP contribution is 2.14. The van der Waals surface area contributed by atoms with Crippen LogP contribution in [-0.4, -0.2) is 15.7 Å². The number of pyridine rings is 1. The zero-order valence-electron chi connectivity index (χ0n) is 8.32. The lowest BCUT2D eigenvalue weighted by molar-refractivity contribution is 0.111. The normalized spacial score (nSPS) is 10.7. The molecule has 0 bridgehead atoms. The molecule has 0 atom stereocenters. The van der Waals surface area contributed by atoms with Crippen LogP contribution in [-0.2, 0) is 6.42 Å². The first-order valence-electron chi connectivity index (χ1n) is 4.70. The number of rotatable bonds is 2. The molecule has 0 aromatic carbocycles. The van der Waals surface area contributed by atoms with Crippen LogP contribution in [0.5, 0.6) is 0 Å². The molecule has 0 amide bonds. The molecule has 0 spiro atoms. The molecule has 2 rings (SSSR count). The maximum absolute atomic E-state index is 10.8. The third kappa shape index (κ3) is 1.13. The van der Waals surface area contributed by atoms with E-state index in [1.54, 1.807) is 6.07 Å².